The highest BCUT2D eigenvalue weighted by Gasteiger charge is 2.07. The number of benzene rings is 1. The third kappa shape index (κ3) is 1.41. The zero-order chi connectivity index (χ0) is 10.1. The molecule has 1 aromatic carbocycles. The summed E-state index contributed by atoms with van der Waals surface area (Å²) in [5, 5.41) is 5.66. The lowest BCUT2D eigenvalue weighted by Gasteiger charge is -2.10. The van der Waals surface area contributed by atoms with Crippen molar-refractivity contribution in [3.8, 4) is 0 Å². The number of hydrogen-bond acceptors (Lipinski definition) is 1. The fourth-order valence-electron chi connectivity index (χ4n) is 1.67. The molecule has 0 saturated carbocycles. The Kier molecular flexibility index (Phi) is 2.28. The summed E-state index contributed by atoms with van der Waals surface area (Å²) in [5.41, 5.74) is 2.54. The van der Waals surface area contributed by atoms with E-state index in [0.717, 1.165) is 6.42 Å². The molecule has 1 aromatic heterocycles. The van der Waals surface area contributed by atoms with E-state index in [1.807, 2.05) is 6.20 Å². The number of fused-ring (bicyclic) bond motifs is 1. The second-order valence-electron chi connectivity index (χ2n) is 3.91. The molecule has 14 heavy (non-hydrogen) atoms. The van der Waals surface area contributed by atoms with Gasteiger partial charge in [0.2, 0.25) is 0 Å². The molecular formula is C12H16N2. The Labute approximate surface area is 84.5 Å². The summed E-state index contributed by atoms with van der Waals surface area (Å²) in [7, 11) is 0. The number of nitrogens with zero attached hydrogens (tertiary/aromatic N) is 2. The monoisotopic (exact) mass is 188 g/mol. The van der Waals surface area contributed by atoms with Crippen LogP contribution in [0, 0.1) is 6.92 Å². The minimum absolute atomic E-state index is 0.481. The average Bonchev–Trinajstić information content (AvgIpc) is 2.59. The molecule has 1 unspecified atom stereocenters. The van der Waals surface area contributed by atoms with Crippen molar-refractivity contribution in [2.24, 2.45) is 0 Å². The van der Waals surface area contributed by atoms with Crippen molar-refractivity contribution < 1.29 is 0 Å². The molecule has 0 saturated heterocycles. The van der Waals surface area contributed by atoms with Crippen LogP contribution >= 0.6 is 0 Å². The lowest BCUT2D eigenvalue weighted by molar-refractivity contribution is 0.493. The topological polar surface area (TPSA) is 17.8 Å². The number of hydrogen-bond donors (Lipinski definition) is 0. The van der Waals surface area contributed by atoms with Crippen molar-refractivity contribution in [3.63, 3.8) is 0 Å². The fourth-order valence-corrected chi connectivity index (χ4v) is 1.67. The second-order valence-corrected chi connectivity index (χ2v) is 3.91. The van der Waals surface area contributed by atoms with E-state index in [1.54, 1.807) is 0 Å². The SMILES string of the molecule is CCC(C)n1ncc2ccc(C)cc21. The molecule has 0 aliphatic carbocycles. The van der Waals surface area contributed by atoms with E-state index in [1.165, 1.54) is 16.5 Å². The maximum absolute atomic E-state index is 4.42. The molecule has 74 valence electrons. The summed E-state index contributed by atoms with van der Waals surface area (Å²) in [5.74, 6) is 0. The zero-order valence-electron chi connectivity index (χ0n) is 8.99. The predicted octanol–water partition coefficient (Wildman–Crippen LogP) is 3.32. The Morgan fingerprint density at radius 1 is 1.43 bits per heavy atom. The van der Waals surface area contributed by atoms with Gasteiger partial charge >= 0.3 is 0 Å². The molecule has 0 bridgehead atoms. The molecule has 0 radical (unpaired) electrons. The molecule has 2 aromatic rings. The number of aromatic nitrogens is 2. The highest BCUT2D eigenvalue weighted by Crippen LogP contribution is 2.20. The van der Waals surface area contributed by atoms with Crippen molar-refractivity contribution in [2.75, 3.05) is 0 Å². The molecule has 0 aliphatic heterocycles. The molecule has 1 atom stereocenters. The van der Waals surface area contributed by atoms with Gasteiger partial charge in [0.25, 0.3) is 0 Å². The number of rotatable bonds is 2. The van der Waals surface area contributed by atoms with Crippen LogP contribution in [0.5, 0.6) is 0 Å². The Morgan fingerprint density at radius 3 is 2.93 bits per heavy atom. The lowest BCUT2D eigenvalue weighted by Crippen LogP contribution is -2.04. The average molecular weight is 188 g/mol. The summed E-state index contributed by atoms with van der Waals surface area (Å²) >= 11 is 0. The first-order chi connectivity index (χ1) is 6.72. The van der Waals surface area contributed by atoms with Gasteiger partial charge in [-0.05, 0) is 31.9 Å². The normalized spacial score (nSPS) is 13.4. The quantitative estimate of drug-likeness (QED) is 0.707. The van der Waals surface area contributed by atoms with E-state index in [4.69, 9.17) is 0 Å². The van der Waals surface area contributed by atoms with E-state index in [-0.39, 0.29) is 0 Å². The Hall–Kier alpha value is -1.31. The van der Waals surface area contributed by atoms with Crippen LogP contribution < -0.4 is 0 Å². The van der Waals surface area contributed by atoms with Gasteiger partial charge in [0.1, 0.15) is 0 Å². The Bertz CT molecular complexity index is 443. The van der Waals surface area contributed by atoms with Crippen LogP contribution in [0.3, 0.4) is 0 Å². The van der Waals surface area contributed by atoms with E-state index in [0.29, 0.717) is 6.04 Å². The maximum atomic E-state index is 4.42. The Balaban J connectivity index is 2.61. The van der Waals surface area contributed by atoms with Crippen LogP contribution in [0.1, 0.15) is 31.9 Å². The molecule has 0 spiro atoms. The molecule has 2 rings (SSSR count). The van der Waals surface area contributed by atoms with Gasteiger partial charge in [-0.3, -0.25) is 4.68 Å². The standard InChI is InChI=1S/C12H16N2/c1-4-10(3)14-12-7-9(2)5-6-11(12)8-13-14/h5-8,10H,4H2,1-3H3. The van der Waals surface area contributed by atoms with Crippen molar-refractivity contribution in [3.05, 3.63) is 30.0 Å². The summed E-state index contributed by atoms with van der Waals surface area (Å²) in [6.07, 6.45) is 3.06. The fraction of sp³-hybridized carbons (Fsp3) is 0.417. The largest absolute Gasteiger partial charge is 0.262 e. The van der Waals surface area contributed by atoms with Crippen LogP contribution in [-0.2, 0) is 0 Å². The summed E-state index contributed by atoms with van der Waals surface area (Å²) in [4.78, 5) is 0. The zero-order valence-corrected chi connectivity index (χ0v) is 8.99. The first-order valence-electron chi connectivity index (χ1n) is 5.16. The van der Waals surface area contributed by atoms with Crippen LogP contribution in [0.15, 0.2) is 24.4 Å². The minimum Gasteiger partial charge on any atom is -0.262 e. The molecular weight excluding hydrogens is 172 g/mol. The summed E-state index contributed by atoms with van der Waals surface area (Å²) in [6, 6.07) is 6.95. The first kappa shape index (κ1) is 9.25. The van der Waals surface area contributed by atoms with Crippen LogP contribution in [0.25, 0.3) is 10.9 Å². The van der Waals surface area contributed by atoms with E-state index < -0.39 is 0 Å². The van der Waals surface area contributed by atoms with Crippen molar-refractivity contribution in [2.45, 2.75) is 33.2 Å². The van der Waals surface area contributed by atoms with Crippen LogP contribution in [0.2, 0.25) is 0 Å². The van der Waals surface area contributed by atoms with Crippen LogP contribution in [0.4, 0.5) is 0 Å². The van der Waals surface area contributed by atoms with Gasteiger partial charge in [0.05, 0.1) is 11.7 Å². The minimum atomic E-state index is 0.481. The first-order valence-corrected chi connectivity index (χ1v) is 5.16. The van der Waals surface area contributed by atoms with Crippen LogP contribution in [-0.4, -0.2) is 9.78 Å². The molecule has 0 N–H and O–H groups in total. The molecule has 0 amide bonds. The maximum Gasteiger partial charge on any atom is 0.0688 e. The summed E-state index contributed by atoms with van der Waals surface area (Å²) < 4.78 is 2.11. The van der Waals surface area contributed by atoms with E-state index in [2.05, 4.69) is 48.8 Å². The van der Waals surface area contributed by atoms with Crippen molar-refractivity contribution >= 4 is 10.9 Å². The molecule has 0 fully saturated rings. The number of aryl methyl sites for hydroxylation is 1. The van der Waals surface area contributed by atoms with Crippen molar-refractivity contribution in [1.82, 2.24) is 9.78 Å². The van der Waals surface area contributed by atoms with Gasteiger partial charge < -0.3 is 0 Å². The molecule has 2 nitrogen and oxygen atoms in total. The van der Waals surface area contributed by atoms with E-state index >= 15 is 0 Å². The van der Waals surface area contributed by atoms with Gasteiger partial charge in [0, 0.05) is 11.4 Å². The molecule has 1 heterocycles. The van der Waals surface area contributed by atoms with Gasteiger partial charge in [0.15, 0.2) is 0 Å². The van der Waals surface area contributed by atoms with Gasteiger partial charge in [-0.1, -0.05) is 19.1 Å². The molecule has 0 aliphatic rings. The third-order valence-corrected chi connectivity index (χ3v) is 2.76. The molecule has 2 heteroatoms. The van der Waals surface area contributed by atoms with E-state index in [9.17, 15) is 0 Å². The predicted molar refractivity (Wildman–Crippen MR) is 59.5 cm³/mol. The highest BCUT2D eigenvalue weighted by atomic mass is 15.3. The van der Waals surface area contributed by atoms with Gasteiger partial charge in [-0.2, -0.15) is 5.10 Å². The van der Waals surface area contributed by atoms with Crippen molar-refractivity contribution in [1.29, 1.82) is 0 Å². The smallest absolute Gasteiger partial charge is 0.0688 e. The second kappa shape index (κ2) is 3.45. The summed E-state index contributed by atoms with van der Waals surface area (Å²) in [6.45, 7) is 6.51. The Morgan fingerprint density at radius 2 is 2.21 bits per heavy atom. The lowest BCUT2D eigenvalue weighted by atomic mass is 10.2. The van der Waals surface area contributed by atoms with Gasteiger partial charge in [-0.25, -0.2) is 0 Å². The van der Waals surface area contributed by atoms with Gasteiger partial charge in [-0.15, -0.1) is 0 Å². The highest BCUT2D eigenvalue weighted by molar-refractivity contribution is 5.79. The third-order valence-electron chi connectivity index (χ3n) is 2.76.